The zero-order valence-corrected chi connectivity index (χ0v) is 20.9. The summed E-state index contributed by atoms with van der Waals surface area (Å²) in [5.74, 6) is 0.984. The molecule has 7 nitrogen and oxygen atoms in total. The number of guanidine groups is 1. The molecular weight excluding hydrogens is 507 g/mol. The standard InChI is InChI=1S/C23H36N4O3.HI/c1-2-24-23(27-12-16-30-22(18-27)21-9-6-13-29-21)25-17-20(19-7-4-3-5-8-19)26-10-14-28-15-11-26;/h3-5,7-8,20-22H,2,6,9-18H2,1H3,(H,24,25);1H. The number of hydrogen-bond acceptors (Lipinski definition) is 5. The first-order chi connectivity index (χ1) is 14.8. The third-order valence-electron chi connectivity index (χ3n) is 6.19. The lowest BCUT2D eigenvalue weighted by atomic mass is 10.0. The first-order valence-electron chi connectivity index (χ1n) is 11.5. The van der Waals surface area contributed by atoms with Gasteiger partial charge < -0.3 is 24.4 Å². The molecular formula is C23H37IN4O3. The van der Waals surface area contributed by atoms with Crippen molar-refractivity contribution in [2.24, 2.45) is 4.99 Å². The Morgan fingerprint density at radius 1 is 1.06 bits per heavy atom. The predicted octanol–water partition coefficient (Wildman–Crippen LogP) is 2.52. The molecule has 0 aromatic heterocycles. The van der Waals surface area contributed by atoms with Gasteiger partial charge in [-0.3, -0.25) is 9.89 Å². The Hall–Kier alpha value is -0.940. The monoisotopic (exact) mass is 544 g/mol. The van der Waals surface area contributed by atoms with Gasteiger partial charge in [-0.2, -0.15) is 0 Å². The minimum atomic E-state index is 0. The highest BCUT2D eigenvalue weighted by atomic mass is 127. The van der Waals surface area contributed by atoms with E-state index in [9.17, 15) is 0 Å². The van der Waals surface area contributed by atoms with Gasteiger partial charge >= 0.3 is 0 Å². The molecule has 3 atom stereocenters. The Morgan fingerprint density at radius 3 is 2.55 bits per heavy atom. The largest absolute Gasteiger partial charge is 0.379 e. The van der Waals surface area contributed by atoms with Crippen LogP contribution in [0, 0.1) is 0 Å². The molecule has 1 aromatic rings. The lowest BCUT2D eigenvalue weighted by Gasteiger charge is -2.38. The first-order valence-corrected chi connectivity index (χ1v) is 11.5. The van der Waals surface area contributed by atoms with Crippen LogP contribution in [-0.4, -0.2) is 93.7 Å². The van der Waals surface area contributed by atoms with Gasteiger partial charge in [0.2, 0.25) is 0 Å². The van der Waals surface area contributed by atoms with Gasteiger partial charge in [-0.15, -0.1) is 24.0 Å². The molecule has 3 unspecified atom stereocenters. The predicted molar refractivity (Wildman–Crippen MR) is 133 cm³/mol. The van der Waals surface area contributed by atoms with Gasteiger partial charge in [0, 0.05) is 39.3 Å². The molecule has 31 heavy (non-hydrogen) atoms. The van der Waals surface area contributed by atoms with Crippen molar-refractivity contribution in [2.45, 2.75) is 38.0 Å². The summed E-state index contributed by atoms with van der Waals surface area (Å²) in [6.45, 7) is 10.5. The maximum Gasteiger partial charge on any atom is 0.194 e. The van der Waals surface area contributed by atoms with Crippen molar-refractivity contribution in [3.05, 3.63) is 35.9 Å². The quantitative estimate of drug-likeness (QED) is 0.338. The third kappa shape index (κ3) is 6.77. The van der Waals surface area contributed by atoms with Crippen LogP contribution in [0.1, 0.15) is 31.4 Å². The highest BCUT2D eigenvalue weighted by Gasteiger charge is 2.32. The van der Waals surface area contributed by atoms with E-state index in [1.165, 1.54) is 5.56 Å². The Kier molecular flexibility index (Phi) is 10.3. The van der Waals surface area contributed by atoms with Crippen molar-refractivity contribution < 1.29 is 14.2 Å². The topological polar surface area (TPSA) is 58.6 Å². The van der Waals surface area contributed by atoms with Gasteiger partial charge in [-0.25, -0.2) is 0 Å². The Bertz CT molecular complexity index is 666. The normalized spacial score (nSPS) is 26.4. The molecule has 3 saturated heterocycles. The van der Waals surface area contributed by atoms with Gasteiger partial charge in [0.25, 0.3) is 0 Å². The number of hydrogen-bond donors (Lipinski definition) is 1. The Balaban J connectivity index is 0.00000272. The fourth-order valence-electron chi connectivity index (χ4n) is 4.58. The average molecular weight is 544 g/mol. The molecule has 0 amide bonds. The van der Waals surface area contributed by atoms with Crippen molar-refractivity contribution in [1.82, 2.24) is 15.1 Å². The summed E-state index contributed by atoms with van der Waals surface area (Å²) < 4.78 is 17.5. The van der Waals surface area contributed by atoms with E-state index in [0.717, 1.165) is 84.5 Å². The molecule has 3 aliphatic rings. The van der Waals surface area contributed by atoms with Crippen molar-refractivity contribution in [3.8, 4) is 0 Å². The van der Waals surface area contributed by atoms with Crippen LogP contribution < -0.4 is 5.32 Å². The molecule has 0 aliphatic carbocycles. The molecule has 8 heteroatoms. The lowest BCUT2D eigenvalue weighted by molar-refractivity contribution is -0.0817. The van der Waals surface area contributed by atoms with Crippen molar-refractivity contribution in [1.29, 1.82) is 0 Å². The van der Waals surface area contributed by atoms with Crippen molar-refractivity contribution in [3.63, 3.8) is 0 Å². The number of nitrogens with zero attached hydrogens (tertiary/aromatic N) is 3. The number of ether oxygens (including phenoxy) is 3. The molecule has 0 radical (unpaired) electrons. The minimum absolute atomic E-state index is 0. The van der Waals surface area contributed by atoms with Crippen molar-refractivity contribution in [2.75, 3.05) is 65.7 Å². The second kappa shape index (κ2) is 12.9. The molecule has 3 aliphatic heterocycles. The minimum Gasteiger partial charge on any atom is -0.379 e. The van der Waals surface area contributed by atoms with Crippen LogP contribution in [0.2, 0.25) is 0 Å². The number of rotatable bonds is 6. The number of nitrogens with one attached hydrogen (secondary N) is 1. The molecule has 0 saturated carbocycles. The maximum atomic E-state index is 6.04. The van der Waals surface area contributed by atoms with E-state index in [-0.39, 0.29) is 42.2 Å². The first kappa shape index (κ1) is 24.7. The van der Waals surface area contributed by atoms with E-state index in [4.69, 9.17) is 19.2 Å². The van der Waals surface area contributed by atoms with Gasteiger partial charge in [0.15, 0.2) is 5.96 Å². The summed E-state index contributed by atoms with van der Waals surface area (Å²) in [7, 11) is 0. The van der Waals surface area contributed by atoms with Gasteiger partial charge in [-0.05, 0) is 25.3 Å². The molecule has 0 bridgehead atoms. The van der Waals surface area contributed by atoms with E-state index in [2.05, 4.69) is 52.4 Å². The maximum absolute atomic E-state index is 6.04. The molecule has 3 fully saturated rings. The second-order valence-electron chi connectivity index (χ2n) is 8.18. The van der Waals surface area contributed by atoms with E-state index in [1.54, 1.807) is 0 Å². The number of aliphatic imine (C=N–C) groups is 1. The molecule has 1 N–H and O–H groups in total. The number of morpholine rings is 2. The van der Waals surface area contributed by atoms with Crippen molar-refractivity contribution >= 4 is 29.9 Å². The fourth-order valence-corrected chi connectivity index (χ4v) is 4.58. The van der Waals surface area contributed by atoms with Gasteiger partial charge in [0.1, 0.15) is 6.10 Å². The highest BCUT2D eigenvalue weighted by Crippen LogP contribution is 2.23. The summed E-state index contributed by atoms with van der Waals surface area (Å²) >= 11 is 0. The third-order valence-corrected chi connectivity index (χ3v) is 6.19. The summed E-state index contributed by atoms with van der Waals surface area (Å²) in [5.41, 5.74) is 1.32. The zero-order chi connectivity index (χ0) is 20.6. The molecule has 1 aromatic carbocycles. The molecule has 174 valence electrons. The van der Waals surface area contributed by atoms with Gasteiger partial charge in [0.05, 0.1) is 38.5 Å². The van der Waals surface area contributed by atoms with Crippen LogP contribution in [-0.2, 0) is 14.2 Å². The zero-order valence-electron chi connectivity index (χ0n) is 18.6. The SMILES string of the molecule is CCNC(=NCC(c1ccccc1)N1CCOCC1)N1CCOC(C2CCCO2)C1.I. The summed E-state index contributed by atoms with van der Waals surface area (Å²) in [6.07, 6.45) is 2.59. The smallest absolute Gasteiger partial charge is 0.194 e. The van der Waals surface area contributed by atoms with Crippen LogP contribution in [0.25, 0.3) is 0 Å². The van der Waals surface area contributed by atoms with E-state index < -0.39 is 0 Å². The molecule has 4 rings (SSSR count). The average Bonchev–Trinajstić information content (AvgIpc) is 3.35. The molecule has 3 heterocycles. The van der Waals surface area contributed by atoms with Crippen LogP contribution in [0.4, 0.5) is 0 Å². The van der Waals surface area contributed by atoms with Crippen LogP contribution in [0.3, 0.4) is 0 Å². The van der Waals surface area contributed by atoms with Gasteiger partial charge in [-0.1, -0.05) is 30.3 Å². The highest BCUT2D eigenvalue weighted by molar-refractivity contribution is 14.0. The number of benzene rings is 1. The van der Waals surface area contributed by atoms with Crippen LogP contribution in [0.15, 0.2) is 35.3 Å². The van der Waals surface area contributed by atoms with E-state index >= 15 is 0 Å². The molecule has 0 spiro atoms. The number of halogens is 1. The summed E-state index contributed by atoms with van der Waals surface area (Å²) in [6, 6.07) is 11.0. The summed E-state index contributed by atoms with van der Waals surface area (Å²) in [4.78, 5) is 9.95. The van der Waals surface area contributed by atoms with Crippen LogP contribution in [0.5, 0.6) is 0 Å². The lowest BCUT2D eigenvalue weighted by Crippen LogP contribution is -2.53. The fraction of sp³-hybridized carbons (Fsp3) is 0.696. The van der Waals surface area contributed by atoms with E-state index in [1.807, 2.05) is 0 Å². The Morgan fingerprint density at radius 2 is 1.84 bits per heavy atom. The Labute approximate surface area is 203 Å². The van der Waals surface area contributed by atoms with E-state index in [0.29, 0.717) is 0 Å². The second-order valence-corrected chi connectivity index (χ2v) is 8.18. The van der Waals surface area contributed by atoms with Crippen LogP contribution >= 0.6 is 24.0 Å². The summed E-state index contributed by atoms with van der Waals surface area (Å²) in [5, 5.41) is 3.51.